The van der Waals surface area contributed by atoms with Gasteiger partial charge in [0, 0.05) is 38.3 Å². The maximum atomic E-state index is 13.7. The van der Waals surface area contributed by atoms with Crippen LogP contribution in [-0.4, -0.2) is 43.1 Å². The largest absolute Gasteiger partial charge is 0.327 e. The number of halogens is 2. The van der Waals surface area contributed by atoms with Crippen molar-refractivity contribution in [2.24, 2.45) is 5.73 Å². The van der Waals surface area contributed by atoms with Crippen LogP contribution in [0.1, 0.15) is 22.5 Å². The Kier molecular flexibility index (Phi) is 8.16. The molecule has 0 unspecified atom stereocenters. The van der Waals surface area contributed by atoms with Crippen LogP contribution in [0.5, 0.6) is 0 Å². The minimum Gasteiger partial charge on any atom is -0.327 e. The molecule has 2 rings (SSSR count). The summed E-state index contributed by atoms with van der Waals surface area (Å²) >= 11 is 0. The number of hydrogen-bond donors (Lipinski definition) is 1. The van der Waals surface area contributed by atoms with E-state index in [1.807, 2.05) is 19.9 Å². The highest BCUT2D eigenvalue weighted by Gasteiger charge is 2.18. The van der Waals surface area contributed by atoms with Gasteiger partial charge in [0.05, 0.1) is 17.1 Å². The molecule has 0 aliphatic carbocycles. The fourth-order valence-corrected chi connectivity index (χ4v) is 3.68. The first-order chi connectivity index (χ1) is 12.2. The number of benzene rings is 1. The van der Waals surface area contributed by atoms with Gasteiger partial charge in [-0.2, -0.15) is 5.10 Å². The average Bonchev–Trinajstić information content (AvgIpc) is 2.82. The third-order valence-corrected chi connectivity index (χ3v) is 6.04. The van der Waals surface area contributed by atoms with E-state index in [1.54, 1.807) is 22.9 Å². The number of aromatic nitrogens is 2. The molecule has 0 saturated carbocycles. The second-order valence-corrected chi connectivity index (χ2v) is 8.46. The Morgan fingerprint density at radius 1 is 1.33 bits per heavy atom. The molecule has 0 atom stereocenters. The topological polar surface area (TPSA) is 81.2 Å². The third-order valence-electron chi connectivity index (χ3n) is 4.23. The summed E-state index contributed by atoms with van der Waals surface area (Å²) in [6.45, 7) is 3.93. The van der Waals surface area contributed by atoms with Crippen molar-refractivity contribution < 1.29 is 12.8 Å². The molecule has 0 amide bonds. The van der Waals surface area contributed by atoms with Crippen molar-refractivity contribution in [1.29, 1.82) is 0 Å². The standard InChI is InChI=1S/C18H25FN4O2S.ClH/c1-13-18(14(2)23(21-13)12-16(19)8-9-20)11-15-6-5-7-17(10-15)26(24,25)22(3)4;/h5-8,10H,9,11-12,20H2,1-4H3;1H. The minimum absolute atomic E-state index is 0. The van der Waals surface area contributed by atoms with Crippen LogP contribution in [0.15, 0.2) is 41.1 Å². The van der Waals surface area contributed by atoms with E-state index in [9.17, 15) is 12.8 Å². The van der Waals surface area contributed by atoms with Crippen molar-refractivity contribution in [1.82, 2.24) is 14.1 Å². The first-order valence-electron chi connectivity index (χ1n) is 8.25. The zero-order valence-corrected chi connectivity index (χ0v) is 17.6. The van der Waals surface area contributed by atoms with Crippen LogP contribution in [0.2, 0.25) is 0 Å². The van der Waals surface area contributed by atoms with Gasteiger partial charge in [-0.15, -0.1) is 12.4 Å². The van der Waals surface area contributed by atoms with Crippen LogP contribution in [0.3, 0.4) is 0 Å². The van der Waals surface area contributed by atoms with Gasteiger partial charge in [-0.1, -0.05) is 12.1 Å². The maximum absolute atomic E-state index is 13.7. The summed E-state index contributed by atoms with van der Waals surface area (Å²) in [6, 6.07) is 6.85. The molecule has 0 bridgehead atoms. The van der Waals surface area contributed by atoms with E-state index in [-0.39, 0.29) is 36.2 Å². The second-order valence-electron chi connectivity index (χ2n) is 6.31. The van der Waals surface area contributed by atoms with E-state index in [1.165, 1.54) is 24.5 Å². The van der Waals surface area contributed by atoms with Crippen molar-refractivity contribution >= 4 is 22.4 Å². The minimum atomic E-state index is -3.49. The molecule has 0 radical (unpaired) electrons. The molecule has 1 heterocycles. The van der Waals surface area contributed by atoms with Gasteiger partial charge in [-0.25, -0.2) is 17.1 Å². The first kappa shape index (κ1) is 23.3. The molecule has 9 heteroatoms. The van der Waals surface area contributed by atoms with Crippen molar-refractivity contribution in [2.75, 3.05) is 20.6 Å². The molecule has 2 aromatic rings. The van der Waals surface area contributed by atoms with Gasteiger partial charge in [0.15, 0.2) is 0 Å². The van der Waals surface area contributed by atoms with Gasteiger partial charge in [0.2, 0.25) is 10.0 Å². The Labute approximate surface area is 166 Å². The average molecular weight is 417 g/mol. The van der Waals surface area contributed by atoms with Crippen LogP contribution in [0.25, 0.3) is 0 Å². The van der Waals surface area contributed by atoms with Crippen LogP contribution in [-0.2, 0) is 23.0 Å². The molecule has 0 aliphatic rings. The Morgan fingerprint density at radius 3 is 2.59 bits per heavy atom. The molecule has 27 heavy (non-hydrogen) atoms. The van der Waals surface area contributed by atoms with Crippen molar-refractivity contribution in [3.05, 3.63) is 58.7 Å². The van der Waals surface area contributed by atoms with Gasteiger partial charge >= 0.3 is 0 Å². The number of nitrogens with two attached hydrogens (primary N) is 1. The molecule has 1 aromatic carbocycles. The van der Waals surface area contributed by atoms with Gasteiger partial charge in [0.25, 0.3) is 0 Å². The zero-order chi connectivity index (χ0) is 19.5. The number of nitrogens with zero attached hydrogens (tertiary/aromatic N) is 3. The number of allylic oxidation sites excluding steroid dienone is 1. The molecule has 0 saturated heterocycles. The van der Waals surface area contributed by atoms with E-state index in [2.05, 4.69) is 5.10 Å². The molecule has 0 fully saturated rings. The fourth-order valence-electron chi connectivity index (χ4n) is 2.71. The lowest BCUT2D eigenvalue weighted by Gasteiger charge is -2.12. The molecule has 0 aliphatic heterocycles. The summed E-state index contributed by atoms with van der Waals surface area (Å²) in [5.41, 5.74) is 8.80. The monoisotopic (exact) mass is 416 g/mol. The lowest BCUT2D eigenvalue weighted by Crippen LogP contribution is -2.22. The summed E-state index contributed by atoms with van der Waals surface area (Å²) in [6.07, 6.45) is 1.85. The van der Waals surface area contributed by atoms with Crippen LogP contribution >= 0.6 is 12.4 Å². The summed E-state index contributed by atoms with van der Waals surface area (Å²) in [4.78, 5) is 0.250. The predicted molar refractivity (Wildman–Crippen MR) is 107 cm³/mol. The summed E-state index contributed by atoms with van der Waals surface area (Å²) in [7, 11) is -0.478. The van der Waals surface area contributed by atoms with Crippen LogP contribution in [0, 0.1) is 13.8 Å². The molecule has 0 spiro atoms. The second kappa shape index (κ2) is 9.45. The van der Waals surface area contributed by atoms with E-state index in [0.717, 1.165) is 22.5 Å². The van der Waals surface area contributed by atoms with Crippen LogP contribution < -0.4 is 5.73 Å². The molecule has 6 nitrogen and oxygen atoms in total. The van der Waals surface area contributed by atoms with Gasteiger partial charge in [0.1, 0.15) is 5.83 Å². The lowest BCUT2D eigenvalue weighted by molar-refractivity contribution is 0.516. The van der Waals surface area contributed by atoms with E-state index in [0.29, 0.717) is 6.42 Å². The first-order valence-corrected chi connectivity index (χ1v) is 9.69. The third kappa shape index (κ3) is 5.38. The Morgan fingerprint density at radius 2 is 2.00 bits per heavy atom. The smallest absolute Gasteiger partial charge is 0.242 e. The number of aryl methyl sites for hydroxylation is 1. The van der Waals surface area contributed by atoms with Crippen molar-refractivity contribution in [3.8, 4) is 0 Å². The summed E-state index contributed by atoms with van der Waals surface area (Å²) in [5, 5.41) is 4.40. The normalized spacial score (nSPS) is 12.3. The molecule has 1 aromatic heterocycles. The Hall–Kier alpha value is -1.74. The highest BCUT2D eigenvalue weighted by Crippen LogP contribution is 2.21. The molecular weight excluding hydrogens is 391 g/mol. The highest BCUT2D eigenvalue weighted by molar-refractivity contribution is 7.89. The number of sulfonamides is 1. The van der Waals surface area contributed by atoms with Gasteiger partial charge in [-0.3, -0.25) is 4.68 Å². The lowest BCUT2D eigenvalue weighted by atomic mass is 10.0. The highest BCUT2D eigenvalue weighted by atomic mass is 35.5. The zero-order valence-electron chi connectivity index (χ0n) is 15.9. The Balaban J connectivity index is 0.00000364. The Bertz CT molecular complexity index is 923. The van der Waals surface area contributed by atoms with Gasteiger partial charge < -0.3 is 5.73 Å². The quantitative estimate of drug-likeness (QED) is 0.752. The van der Waals surface area contributed by atoms with Crippen molar-refractivity contribution in [3.63, 3.8) is 0 Å². The van der Waals surface area contributed by atoms with E-state index >= 15 is 0 Å². The van der Waals surface area contributed by atoms with E-state index < -0.39 is 10.0 Å². The molecular formula is C18H26ClFN4O2S. The number of hydrogen-bond acceptors (Lipinski definition) is 4. The molecule has 2 N–H and O–H groups in total. The van der Waals surface area contributed by atoms with Crippen LogP contribution in [0.4, 0.5) is 4.39 Å². The summed E-state index contributed by atoms with van der Waals surface area (Å²) in [5.74, 6) is -0.330. The number of rotatable bonds is 7. The SMILES string of the molecule is Cc1nn(CC(F)=CCN)c(C)c1Cc1cccc(S(=O)(=O)N(C)C)c1.Cl. The van der Waals surface area contributed by atoms with E-state index in [4.69, 9.17) is 5.73 Å². The molecule has 150 valence electrons. The maximum Gasteiger partial charge on any atom is 0.242 e. The summed E-state index contributed by atoms with van der Waals surface area (Å²) < 4.78 is 41.2. The van der Waals surface area contributed by atoms with Gasteiger partial charge in [-0.05, 0) is 37.6 Å². The predicted octanol–water partition coefficient (Wildman–Crippen LogP) is 2.57. The van der Waals surface area contributed by atoms with Crippen molar-refractivity contribution in [2.45, 2.75) is 31.7 Å². The fraction of sp³-hybridized carbons (Fsp3) is 0.389.